The van der Waals surface area contributed by atoms with Crippen LogP contribution in [0.2, 0.25) is 0 Å². The second-order valence-electron chi connectivity index (χ2n) is 6.11. The molecule has 0 amide bonds. The molecule has 3 heteroatoms. The first-order valence-electron chi connectivity index (χ1n) is 8.01. The van der Waals surface area contributed by atoms with Crippen LogP contribution in [0.4, 0.5) is 0 Å². The van der Waals surface area contributed by atoms with Crippen LogP contribution in [-0.4, -0.2) is 18.8 Å². The highest BCUT2D eigenvalue weighted by atomic mass is 16.7. The molecule has 1 heterocycles. The summed E-state index contributed by atoms with van der Waals surface area (Å²) >= 11 is 0. The third kappa shape index (κ3) is 3.26. The summed E-state index contributed by atoms with van der Waals surface area (Å²) in [4.78, 5) is 0. The van der Waals surface area contributed by atoms with Crippen molar-refractivity contribution in [3.63, 3.8) is 0 Å². The lowest BCUT2D eigenvalue weighted by atomic mass is 9.76. The van der Waals surface area contributed by atoms with Gasteiger partial charge in [0.25, 0.3) is 0 Å². The summed E-state index contributed by atoms with van der Waals surface area (Å²) in [6.07, 6.45) is 6.51. The van der Waals surface area contributed by atoms with E-state index in [1.807, 2.05) is 36.4 Å². The third-order valence-corrected chi connectivity index (χ3v) is 4.69. The van der Waals surface area contributed by atoms with Crippen molar-refractivity contribution in [1.29, 1.82) is 0 Å². The van der Waals surface area contributed by atoms with Crippen molar-refractivity contribution in [3.05, 3.63) is 61.4 Å². The molecule has 0 bridgehead atoms. The zero-order chi connectivity index (χ0) is 15.4. The van der Waals surface area contributed by atoms with E-state index >= 15 is 0 Å². The Labute approximate surface area is 132 Å². The molecule has 3 nitrogen and oxygen atoms in total. The Hall–Kier alpha value is -1.58. The first kappa shape index (κ1) is 15.3. The molecular weight excluding hydrogens is 276 g/mol. The Balaban J connectivity index is 1.69. The highest BCUT2D eigenvalue weighted by Crippen LogP contribution is 2.41. The zero-order valence-electron chi connectivity index (χ0n) is 12.9. The third-order valence-electron chi connectivity index (χ3n) is 4.69. The van der Waals surface area contributed by atoms with Gasteiger partial charge < -0.3 is 14.2 Å². The zero-order valence-corrected chi connectivity index (χ0v) is 12.9. The quantitative estimate of drug-likeness (QED) is 0.601. The molecule has 1 aliphatic carbocycles. The average molecular weight is 300 g/mol. The number of benzene rings is 1. The maximum atomic E-state index is 6.22. The van der Waals surface area contributed by atoms with Crippen LogP contribution in [0.5, 0.6) is 0 Å². The molecule has 0 spiro atoms. The molecule has 1 saturated heterocycles. The molecule has 3 rings (SSSR count). The molecule has 2 aliphatic rings. The molecule has 1 aliphatic heterocycles. The molecule has 0 radical (unpaired) electrons. The molecule has 0 unspecified atom stereocenters. The Morgan fingerprint density at radius 1 is 1.18 bits per heavy atom. The van der Waals surface area contributed by atoms with E-state index in [2.05, 4.69) is 13.2 Å². The highest BCUT2D eigenvalue weighted by molar-refractivity contribution is 5.16. The maximum absolute atomic E-state index is 6.22. The summed E-state index contributed by atoms with van der Waals surface area (Å²) in [7, 11) is 0. The van der Waals surface area contributed by atoms with Crippen molar-refractivity contribution in [2.24, 2.45) is 11.8 Å². The lowest BCUT2D eigenvalue weighted by Gasteiger charge is -2.44. The predicted octanol–water partition coefficient (Wildman–Crippen LogP) is 4.23. The van der Waals surface area contributed by atoms with Gasteiger partial charge in [-0.15, -0.1) is 6.58 Å². The van der Waals surface area contributed by atoms with Gasteiger partial charge in [0.15, 0.2) is 6.29 Å². The molecule has 1 saturated carbocycles. The Morgan fingerprint density at radius 2 is 2.00 bits per heavy atom. The van der Waals surface area contributed by atoms with Crippen molar-refractivity contribution in [2.75, 3.05) is 6.61 Å². The fraction of sp³-hybridized carbons (Fsp3) is 0.474. The summed E-state index contributed by atoms with van der Waals surface area (Å²) in [5.74, 6) is 0.909. The topological polar surface area (TPSA) is 27.7 Å². The van der Waals surface area contributed by atoms with E-state index in [1.54, 1.807) is 6.26 Å². The predicted molar refractivity (Wildman–Crippen MR) is 86.1 cm³/mol. The molecule has 5 atom stereocenters. The van der Waals surface area contributed by atoms with E-state index in [0.29, 0.717) is 11.8 Å². The van der Waals surface area contributed by atoms with Gasteiger partial charge in [-0.25, -0.2) is 0 Å². The van der Waals surface area contributed by atoms with Crippen LogP contribution >= 0.6 is 0 Å². The molecule has 1 aromatic rings. The smallest absolute Gasteiger partial charge is 0.184 e. The number of fused-ring (bicyclic) bond motifs is 1. The van der Waals surface area contributed by atoms with E-state index in [-0.39, 0.29) is 18.5 Å². The van der Waals surface area contributed by atoms with Gasteiger partial charge in [0.2, 0.25) is 0 Å². The second-order valence-corrected chi connectivity index (χ2v) is 6.11. The molecule has 2 fully saturated rings. The van der Waals surface area contributed by atoms with Crippen molar-refractivity contribution in [2.45, 2.75) is 37.8 Å². The molecule has 0 aromatic heterocycles. The van der Waals surface area contributed by atoms with Gasteiger partial charge >= 0.3 is 0 Å². The molecular formula is C19H24O3. The molecule has 0 N–H and O–H groups in total. The largest absolute Gasteiger partial charge is 0.498 e. The van der Waals surface area contributed by atoms with Gasteiger partial charge in [-0.3, -0.25) is 0 Å². The van der Waals surface area contributed by atoms with Crippen LogP contribution in [0.1, 0.15) is 31.1 Å². The van der Waals surface area contributed by atoms with Crippen LogP contribution in [0.15, 0.2) is 55.8 Å². The Kier molecular flexibility index (Phi) is 4.96. The van der Waals surface area contributed by atoms with Gasteiger partial charge in [0.05, 0.1) is 19.0 Å². The lowest BCUT2D eigenvalue weighted by molar-refractivity contribution is -0.260. The second kappa shape index (κ2) is 7.12. The van der Waals surface area contributed by atoms with E-state index < -0.39 is 0 Å². The molecule has 1 aromatic carbocycles. The van der Waals surface area contributed by atoms with Crippen LogP contribution in [-0.2, 0) is 14.2 Å². The SMILES string of the molecule is C=CC[C@@H]1C[C@@H]2CO[C@@H](c3ccccc3)O[C@H]2C[C@H]1OC=C. The highest BCUT2D eigenvalue weighted by Gasteiger charge is 2.42. The van der Waals surface area contributed by atoms with Crippen molar-refractivity contribution >= 4 is 0 Å². The number of ether oxygens (including phenoxy) is 3. The summed E-state index contributed by atoms with van der Waals surface area (Å²) in [6.45, 7) is 8.31. The molecule has 22 heavy (non-hydrogen) atoms. The minimum atomic E-state index is -0.261. The first-order valence-corrected chi connectivity index (χ1v) is 8.01. The Bertz CT molecular complexity index is 499. The fourth-order valence-electron chi connectivity index (χ4n) is 3.59. The summed E-state index contributed by atoms with van der Waals surface area (Å²) in [5, 5.41) is 0. The van der Waals surface area contributed by atoms with E-state index in [4.69, 9.17) is 14.2 Å². The molecule has 118 valence electrons. The monoisotopic (exact) mass is 300 g/mol. The van der Waals surface area contributed by atoms with Crippen LogP contribution < -0.4 is 0 Å². The van der Waals surface area contributed by atoms with Crippen LogP contribution in [0.25, 0.3) is 0 Å². The van der Waals surface area contributed by atoms with Crippen molar-refractivity contribution in [3.8, 4) is 0 Å². The first-order chi connectivity index (χ1) is 10.8. The summed E-state index contributed by atoms with van der Waals surface area (Å²) in [5.41, 5.74) is 1.08. The minimum absolute atomic E-state index is 0.159. The fourth-order valence-corrected chi connectivity index (χ4v) is 3.59. The van der Waals surface area contributed by atoms with Gasteiger partial charge in [0, 0.05) is 17.9 Å². The summed E-state index contributed by atoms with van der Waals surface area (Å²) < 4.78 is 17.9. The van der Waals surface area contributed by atoms with Crippen molar-refractivity contribution < 1.29 is 14.2 Å². The number of hydrogen-bond acceptors (Lipinski definition) is 3. The standard InChI is InChI=1S/C19H24O3/c1-3-8-15-11-16-13-21-19(14-9-6-5-7-10-14)22-18(16)12-17(15)20-4-2/h3-7,9-10,15-19H,1-2,8,11-13H2/t15-,16-,17-,18+,19-/m1/s1. The summed E-state index contributed by atoms with van der Waals surface area (Å²) in [6, 6.07) is 10.1. The minimum Gasteiger partial charge on any atom is -0.498 e. The van der Waals surface area contributed by atoms with E-state index in [9.17, 15) is 0 Å². The Morgan fingerprint density at radius 3 is 2.73 bits per heavy atom. The van der Waals surface area contributed by atoms with Crippen LogP contribution in [0, 0.1) is 11.8 Å². The number of rotatable bonds is 5. The van der Waals surface area contributed by atoms with Gasteiger partial charge in [-0.2, -0.15) is 0 Å². The van der Waals surface area contributed by atoms with Gasteiger partial charge in [-0.05, 0) is 18.8 Å². The van der Waals surface area contributed by atoms with Gasteiger partial charge in [0.1, 0.15) is 6.10 Å². The number of allylic oxidation sites excluding steroid dienone is 1. The number of hydrogen-bond donors (Lipinski definition) is 0. The lowest BCUT2D eigenvalue weighted by Crippen LogP contribution is -2.46. The van der Waals surface area contributed by atoms with Crippen LogP contribution in [0.3, 0.4) is 0 Å². The van der Waals surface area contributed by atoms with E-state index in [1.165, 1.54) is 0 Å². The maximum Gasteiger partial charge on any atom is 0.184 e. The van der Waals surface area contributed by atoms with E-state index in [0.717, 1.165) is 31.4 Å². The van der Waals surface area contributed by atoms with Gasteiger partial charge in [-0.1, -0.05) is 43.0 Å². The normalized spacial score (nSPS) is 34.5. The van der Waals surface area contributed by atoms with Crippen molar-refractivity contribution in [1.82, 2.24) is 0 Å². The average Bonchev–Trinajstić information content (AvgIpc) is 2.56.